The minimum absolute atomic E-state index is 0.0308. The predicted octanol–water partition coefficient (Wildman–Crippen LogP) is 2.25. The summed E-state index contributed by atoms with van der Waals surface area (Å²) in [5.74, 6) is 0.706. The lowest BCUT2D eigenvalue weighted by atomic mass is 10.2. The maximum absolute atomic E-state index is 12.3. The average molecular weight is 418 g/mol. The summed E-state index contributed by atoms with van der Waals surface area (Å²) in [6.45, 7) is 4.61. The molecule has 0 saturated carbocycles. The van der Waals surface area contributed by atoms with Crippen LogP contribution in [0.2, 0.25) is 0 Å². The van der Waals surface area contributed by atoms with Crippen molar-refractivity contribution in [2.45, 2.75) is 17.9 Å². The molecule has 1 amide bonds. The molecule has 0 fully saturated rings. The molecule has 29 heavy (non-hydrogen) atoms. The number of hydrogen-bond acceptors (Lipinski definition) is 6. The Labute approximate surface area is 172 Å². The van der Waals surface area contributed by atoms with Crippen LogP contribution in [0.3, 0.4) is 0 Å². The van der Waals surface area contributed by atoms with Crippen molar-refractivity contribution >= 4 is 27.1 Å². The van der Waals surface area contributed by atoms with Crippen LogP contribution in [-0.2, 0) is 14.6 Å². The summed E-state index contributed by atoms with van der Waals surface area (Å²) in [5, 5.41) is 2.80. The summed E-state index contributed by atoms with van der Waals surface area (Å²) >= 11 is 0. The Morgan fingerprint density at radius 1 is 1.21 bits per heavy atom. The molecule has 156 valence electrons. The van der Waals surface area contributed by atoms with E-state index in [9.17, 15) is 13.2 Å². The summed E-state index contributed by atoms with van der Waals surface area (Å²) in [5.41, 5.74) is 1.67. The molecule has 3 rings (SSSR count). The van der Waals surface area contributed by atoms with Crippen molar-refractivity contribution in [1.82, 2.24) is 4.90 Å². The third kappa shape index (κ3) is 5.48. The lowest BCUT2D eigenvalue weighted by Crippen LogP contribution is -2.46. The minimum atomic E-state index is -3.25. The Bertz CT molecular complexity index is 960. The van der Waals surface area contributed by atoms with E-state index in [4.69, 9.17) is 4.74 Å². The largest absolute Gasteiger partial charge is 0.485 e. The quantitative estimate of drug-likeness (QED) is 0.744. The second-order valence-corrected chi connectivity index (χ2v) is 9.30. The van der Waals surface area contributed by atoms with E-state index >= 15 is 0 Å². The molecule has 2 aromatic rings. The van der Waals surface area contributed by atoms with Gasteiger partial charge < -0.3 is 15.0 Å². The highest BCUT2D eigenvalue weighted by molar-refractivity contribution is 7.90. The molecule has 0 radical (unpaired) electrons. The Hall–Kier alpha value is -2.58. The second kappa shape index (κ2) is 8.84. The van der Waals surface area contributed by atoms with Crippen molar-refractivity contribution in [3.63, 3.8) is 0 Å². The number of nitrogens with zero attached hydrogens (tertiary/aromatic N) is 2. The van der Waals surface area contributed by atoms with Gasteiger partial charge in [0.1, 0.15) is 11.9 Å². The van der Waals surface area contributed by atoms with Gasteiger partial charge in [-0.05, 0) is 50.4 Å². The number of hydrogen-bond donors (Lipinski definition) is 1. The SMILES string of the molecule is CCN1CC(CN(C)CC(=O)Nc2ccc(S(C)(=O)=O)cc2)Oc2ccccc21. The van der Waals surface area contributed by atoms with Crippen LogP contribution in [0, 0.1) is 0 Å². The Balaban J connectivity index is 1.54. The normalized spacial score (nSPS) is 16.3. The van der Waals surface area contributed by atoms with Gasteiger partial charge in [0, 0.05) is 25.0 Å². The zero-order valence-corrected chi connectivity index (χ0v) is 17.8. The van der Waals surface area contributed by atoms with Gasteiger partial charge in [-0.1, -0.05) is 12.1 Å². The number of likely N-dealkylation sites (N-methyl/N-ethyl adjacent to an activating group) is 2. The highest BCUT2D eigenvalue weighted by Crippen LogP contribution is 2.32. The van der Waals surface area contributed by atoms with E-state index in [1.165, 1.54) is 12.1 Å². The Kier molecular flexibility index (Phi) is 6.44. The van der Waals surface area contributed by atoms with Gasteiger partial charge in [-0.3, -0.25) is 9.69 Å². The number of sulfone groups is 1. The lowest BCUT2D eigenvalue weighted by Gasteiger charge is -2.37. The molecule has 1 aliphatic heterocycles. The van der Waals surface area contributed by atoms with Gasteiger partial charge in [0.2, 0.25) is 5.91 Å². The number of ether oxygens (including phenoxy) is 1. The first-order chi connectivity index (χ1) is 13.8. The topological polar surface area (TPSA) is 79.0 Å². The molecule has 8 heteroatoms. The highest BCUT2D eigenvalue weighted by Gasteiger charge is 2.25. The lowest BCUT2D eigenvalue weighted by molar-refractivity contribution is -0.117. The molecule has 7 nitrogen and oxygen atoms in total. The molecule has 1 unspecified atom stereocenters. The fraction of sp³-hybridized carbons (Fsp3) is 0.381. The van der Waals surface area contributed by atoms with E-state index < -0.39 is 9.84 Å². The third-order valence-corrected chi connectivity index (χ3v) is 5.93. The molecule has 1 aliphatic rings. The molecule has 0 aliphatic carbocycles. The zero-order chi connectivity index (χ0) is 21.0. The van der Waals surface area contributed by atoms with Crippen LogP contribution in [0.4, 0.5) is 11.4 Å². The van der Waals surface area contributed by atoms with E-state index in [0.29, 0.717) is 12.2 Å². The number of benzene rings is 2. The predicted molar refractivity (Wildman–Crippen MR) is 114 cm³/mol. The first kappa shape index (κ1) is 21.1. The number of carbonyl (C=O) groups excluding carboxylic acids is 1. The van der Waals surface area contributed by atoms with Gasteiger partial charge >= 0.3 is 0 Å². The molecular formula is C21H27N3O4S. The first-order valence-corrected chi connectivity index (χ1v) is 11.4. The Morgan fingerprint density at radius 2 is 1.90 bits per heavy atom. The van der Waals surface area contributed by atoms with Gasteiger partial charge in [-0.2, -0.15) is 0 Å². The van der Waals surface area contributed by atoms with Crippen LogP contribution in [0.5, 0.6) is 5.75 Å². The van der Waals surface area contributed by atoms with Crippen molar-refractivity contribution in [2.24, 2.45) is 0 Å². The zero-order valence-electron chi connectivity index (χ0n) is 17.0. The maximum atomic E-state index is 12.3. The van der Waals surface area contributed by atoms with Crippen LogP contribution >= 0.6 is 0 Å². The number of carbonyl (C=O) groups is 1. The van der Waals surface area contributed by atoms with Gasteiger partial charge in [0.25, 0.3) is 0 Å². The first-order valence-electron chi connectivity index (χ1n) is 9.55. The molecule has 1 atom stereocenters. The van der Waals surface area contributed by atoms with Crippen molar-refractivity contribution in [3.8, 4) is 5.75 Å². The molecule has 0 saturated heterocycles. The molecule has 0 aromatic heterocycles. The monoisotopic (exact) mass is 417 g/mol. The van der Waals surface area contributed by atoms with Crippen molar-refractivity contribution in [1.29, 1.82) is 0 Å². The standard InChI is InChI=1S/C21H27N3O4S/c1-4-24-14-17(28-20-8-6-5-7-19(20)24)13-23(2)15-21(25)22-16-9-11-18(12-10-16)29(3,26)27/h5-12,17H,4,13-15H2,1-3H3,(H,22,25). The smallest absolute Gasteiger partial charge is 0.238 e. The molecular weight excluding hydrogens is 390 g/mol. The van der Waals surface area contributed by atoms with Crippen LogP contribution in [0.1, 0.15) is 6.92 Å². The van der Waals surface area contributed by atoms with Gasteiger partial charge in [0.05, 0.1) is 23.7 Å². The van der Waals surface area contributed by atoms with Crippen LogP contribution in [0.25, 0.3) is 0 Å². The van der Waals surface area contributed by atoms with Crippen molar-refractivity contribution < 1.29 is 17.9 Å². The molecule has 1 heterocycles. The van der Waals surface area contributed by atoms with Crippen molar-refractivity contribution in [2.75, 3.05) is 49.7 Å². The number of nitrogens with one attached hydrogen (secondary N) is 1. The summed E-state index contributed by atoms with van der Waals surface area (Å²) in [6, 6.07) is 14.1. The number of anilines is 2. The minimum Gasteiger partial charge on any atom is -0.485 e. The molecule has 0 spiro atoms. The summed E-state index contributed by atoms with van der Waals surface area (Å²) in [4.78, 5) is 16.8. The highest BCUT2D eigenvalue weighted by atomic mass is 32.2. The van der Waals surface area contributed by atoms with E-state index in [0.717, 1.165) is 30.8 Å². The number of rotatable bonds is 7. The summed E-state index contributed by atoms with van der Waals surface area (Å²) < 4.78 is 29.1. The molecule has 1 N–H and O–H groups in total. The summed E-state index contributed by atoms with van der Waals surface area (Å²) in [7, 11) is -1.37. The fourth-order valence-electron chi connectivity index (χ4n) is 3.42. The van der Waals surface area contributed by atoms with Crippen LogP contribution in [0.15, 0.2) is 53.4 Å². The van der Waals surface area contributed by atoms with Gasteiger partial charge in [-0.15, -0.1) is 0 Å². The van der Waals surface area contributed by atoms with E-state index in [1.54, 1.807) is 12.1 Å². The fourth-order valence-corrected chi connectivity index (χ4v) is 4.05. The second-order valence-electron chi connectivity index (χ2n) is 7.29. The van der Waals surface area contributed by atoms with Crippen LogP contribution < -0.4 is 15.0 Å². The van der Waals surface area contributed by atoms with Crippen LogP contribution in [-0.4, -0.2) is 64.8 Å². The third-order valence-electron chi connectivity index (χ3n) is 4.80. The molecule has 0 bridgehead atoms. The van der Waals surface area contributed by atoms with Gasteiger partial charge in [0.15, 0.2) is 9.84 Å². The summed E-state index contributed by atoms with van der Waals surface area (Å²) in [6.07, 6.45) is 1.12. The van der Waals surface area contributed by atoms with Gasteiger partial charge in [-0.25, -0.2) is 8.42 Å². The van der Waals surface area contributed by atoms with Crippen molar-refractivity contribution in [3.05, 3.63) is 48.5 Å². The number of para-hydroxylation sites is 2. The number of fused-ring (bicyclic) bond motifs is 1. The Morgan fingerprint density at radius 3 is 2.55 bits per heavy atom. The van der Waals surface area contributed by atoms with E-state index in [1.807, 2.05) is 30.1 Å². The van der Waals surface area contributed by atoms with E-state index in [2.05, 4.69) is 23.2 Å². The maximum Gasteiger partial charge on any atom is 0.238 e. The van der Waals surface area contributed by atoms with E-state index in [-0.39, 0.29) is 23.5 Å². The molecule has 2 aromatic carbocycles. The number of amides is 1. The average Bonchev–Trinajstić information content (AvgIpc) is 2.66.